The van der Waals surface area contributed by atoms with Crippen LogP contribution in [0.25, 0.3) is 10.8 Å². The standard InChI is InChI=1S/C30H34ClN7O9S2/c1-5-16-12-30(16,29(41)37-49(43,44)19-7-8-19)34-25(39)22-11-18(47-26-21-10-17(31)6-9-20(21)23(45-3)13-32-26)14-38(22)28(40)15(2)33-24-27(46-4)36-48(42)35-24/h5-6,9-10,13,15-16,18-19,22H,1,7-8,11-12,14H2,2-4H3,(H,33,35)(H,34,39)(H,37,41)/t15?,16-,18-,22+,30-,48?/m1/s1. The number of carbonyl (C=O) groups is 3. The summed E-state index contributed by atoms with van der Waals surface area (Å²) in [6.45, 7) is 5.14. The number of benzene rings is 1. The van der Waals surface area contributed by atoms with Gasteiger partial charge in [-0.1, -0.05) is 17.7 Å². The quantitative estimate of drug-likeness (QED) is 0.178. The Labute approximate surface area is 289 Å². The second-order valence-corrected chi connectivity index (χ2v) is 15.4. The molecule has 49 heavy (non-hydrogen) atoms. The third-order valence-electron chi connectivity index (χ3n) is 8.80. The van der Waals surface area contributed by atoms with Crippen LogP contribution in [0.4, 0.5) is 0 Å². The van der Waals surface area contributed by atoms with Gasteiger partial charge in [0, 0.05) is 32.5 Å². The molecule has 1 aliphatic heterocycles. The average Bonchev–Trinajstić information content (AvgIpc) is 3.97. The number of aromatic nitrogens is 3. The van der Waals surface area contributed by atoms with Crippen LogP contribution in [0.3, 0.4) is 0 Å². The second kappa shape index (κ2) is 13.2. The number of sulfonamides is 1. The van der Waals surface area contributed by atoms with E-state index in [1.165, 1.54) is 38.3 Å². The highest BCUT2D eigenvalue weighted by molar-refractivity contribution is 7.91. The summed E-state index contributed by atoms with van der Waals surface area (Å²) in [6, 6.07) is 2.85. The van der Waals surface area contributed by atoms with Gasteiger partial charge in [-0.3, -0.25) is 19.1 Å². The van der Waals surface area contributed by atoms with E-state index >= 15 is 0 Å². The maximum atomic E-state index is 14.0. The van der Waals surface area contributed by atoms with Crippen LogP contribution in [0.5, 0.6) is 17.5 Å². The van der Waals surface area contributed by atoms with E-state index in [-0.39, 0.29) is 36.6 Å². The lowest BCUT2D eigenvalue weighted by Crippen LogP contribution is -2.57. The van der Waals surface area contributed by atoms with Crippen LogP contribution in [0.1, 0.15) is 32.6 Å². The molecule has 6 rings (SSSR count). The van der Waals surface area contributed by atoms with E-state index in [0.29, 0.717) is 34.4 Å². The van der Waals surface area contributed by atoms with Crippen molar-refractivity contribution >= 4 is 61.3 Å². The van der Waals surface area contributed by atoms with E-state index in [1.54, 1.807) is 18.2 Å². The number of pyridine rings is 1. The van der Waals surface area contributed by atoms with Gasteiger partial charge < -0.3 is 29.0 Å². The van der Waals surface area contributed by atoms with Crippen LogP contribution in [-0.4, -0.2) is 99.1 Å². The Kier molecular flexibility index (Phi) is 9.33. The van der Waals surface area contributed by atoms with Crippen molar-refractivity contribution in [3.63, 3.8) is 0 Å². The molecule has 3 N–H and O–H groups in total. The topological polar surface area (TPSA) is 217 Å². The monoisotopic (exact) mass is 735 g/mol. The summed E-state index contributed by atoms with van der Waals surface area (Å²) < 4.78 is 62.3. The van der Waals surface area contributed by atoms with Crippen molar-refractivity contribution in [1.82, 2.24) is 28.7 Å². The maximum absolute atomic E-state index is 14.0. The summed E-state index contributed by atoms with van der Waals surface area (Å²) in [4.78, 5) is 51.3. The predicted molar refractivity (Wildman–Crippen MR) is 176 cm³/mol. The molecule has 2 saturated carbocycles. The molecule has 3 fully saturated rings. The number of hydrogen-bond donors (Lipinski definition) is 3. The smallest absolute Gasteiger partial charge is 0.316 e. The molecular formula is C30H34ClN7O9S2. The number of fused-ring (bicyclic) bond motifs is 1. The molecule has 3 heterocycles. The fraction of sp³-hybridized carbons (Fsp3) is 0.467. The van der Waals surface area contributed by atoms with E-state index in [2.05, 4.69) is 35.3 Å². The molecule has 2 aromatic heterocycles. The highest BCUT2D eigenvalue weighted by Crippen LogP contribution is 2.45. The molecule has 1 saturated heterocycles. The summed E-state index contributed by atoms with van der Waals surface area (Å²) in [5.41, 5.74) is -1.56. The minimum atomic E-state index is -3.90. The van der Waals surface area contributed by atoms with Crippen molar-refractivity contribution in [3.8, 4) is 17.5 Å². The Morgan fingerprint density at radius 1 is 1.24 bits per heavy atom. The van der Waals surface area contributed by atoms with Gasteiger partial charge in [-0.2, -0.15) is 0 Å². The Balaban J connectivity index is 1.30. The highest BCUT2D eigenvalue weighted by atomic mass is 35.5. The van der Waals surface area contributed by atoms with Gasteiger partial charge in [0.2, 0.25) is 33.2 Å². The van der Waals surface area contributed by atoms with Crippen LogP contribution in [0, 0.1) is 5.92 Å². The van der Waals surface area contributed by atoms with Crippen LogP contribution < -0.4 is 29.7 Å². The number of methoxy groups -OCH3 is 2. The van der Waals surface area contributed by atoms with Gasteiger partial charge >= 0.3 is 5.88 Å². The molecule has 0 spiro atoms. The first kappa shape index (κ1) is 34.6. The Morgan fingerprint density at radius 3 is 2.65 bits per heavy atom. The number of nitrogens with zero attached hydrogens (tertiary/aromatic N) is 4. The second-order valence-electron chi connectivity index (χ2n) is 12.1. The molecule has 3 amide bonds. The summed E-state index contributed by atoms with van der Waals surface area (Å²) in [6.07, 6.45) is 3.21. The van der Waals surface area contributed by atoms with Crippen molar-refractivity contribution < 1.29 is 41.6 Å². The van der Waals surface area contributed by atoms with E-state index in [1.807, 2.05) is 0 Å². The molecule has 2 unspecified atom stereocenters. The number of ether oxygens (including phenoxy) is 3. The van der Waals surface area contributed by atoms with Crippen molar-refractivity contribution in [2.45, 2.75) is 61.6 Å². The van der Waals surface area contributed by atoms with Crippen molar-refractivity contribution in [3.05, 3.63) is 47.6 Å². The number of amides is 3. The number of nitrogens with one attached hydrogen (secondary N) is 3. The minimum absolute atomic E-state index is 0.000218. The molecule has 3 aliphatic rings. The van der Waals surface area contributed by atoms with E-state index in [0.717, 1.165) is 0 Å². The summed E-state index contributed by atoms with van der Waals surface area (Å²) in [7, 11) is -1.08. The lowest BCUT2D eigenvalue weighted by molar-refractivity contribution is -0.140. The molecule has 2 aliphatic carbocycles. The molecule has 6 atom stereocenters. The fourth-order valence-electron chi connectivity index (χ4n) is 5.95. The lowest BCUT2D eigenvalue weighted by Gasteiger charge is -2.27. The normalized spacial score (nSPS) is 24.7. The molecule has 16 nitrogen and oxygen atoms in total. The van der Waals surface area contributed by atoms with Crippen LogP contribution >= 0.6 is 22.7 Å². The van der Waals surface area contributed by atoms with Gasteiger partial charge in [-0.05, 0) is 44.4 Å². The van der Waals surface area contributed by atoms with Gasteiger partial charge in [0.15, 0.2) is 11.1 Å². The lowest BCUT2D eigenvalue weighted by atomic mass is 10.1. The zero-order chi connectivity index (χ0) is 35.2. The maximum Gasteiger partial charge on any atom is 0.316 e. The first-order chi connectivity index (χ1) is 23.3. The van der Waals surface area contributed by atoms with Crippen molar-refractivity contribution in [2.24, 2.45) is 10.9 Å². The molecular weight excluding hydrogens is 702 g/mol. The number of H-pyrrole nitrogens is 1. The summed E-state index contributed by atoms with van der Waals surface area (Å²) >= 11 is 4.45. The third-order valence-corrected chi connectivity index (χ3v) is 11.6. The van der Waals surface area contributed by atoms with E-state index < -0.39 is 73.8 Å². The van der Waals surface area contributed by atoms with E-state index in [4.69, 9.17) is 25.8 Å². The van der Waals surface area contributed by atoms with E-state index in [9.17, 15) is 27.4 Å². The van der Waals surface area contributed by atoms with Crippen LogP contribution in [0.2, 0.25) is 5.02 Å². The molecule has 1 aromatic carbocycles. The Morgan fingerprint density at radius 2 is 2.00 bits per heavy atom. The Hall–Kier alpha value is -4.26. The van der Waals surface area contributed by atoms with Crippen molar-refractivity contribution in [1.29, 1.82) is 0 Å². The van der Waals surface area contributed by atoms with Gasteiger partial charge in [0.05, 0.1) is 32.2 Å². The summed E-state index contributed by atoms with van der Waals surface area (Å²) in [5, 5.41) is 3.73. The predicted octanol–water partition coefficient (Wildman–Crippen LogP) is 1.36. The van der Waals surface area contributed by atoms with Crippen LogP contribution in [-0.2, 0) is 24.4 Å². The SMILES string of the molecule is C=C[C@@H]1C[C@]1(NC(=O)[C@@H]1C[C@@H](Oc2ncc(OC)c3ccc(Cl)cc23)CN1C(=O)C(C)N=c1[nH][s+]([O-])nc1OC)C(=O)NS(=O)(=O)C1CC1. The number of halogens is 1. The van der Waals surface area contributed by atoms with Gasteiger partial charge in [0.1, 0.15) is 29.5 Å². The molecule has 0 radical (unpaired) electrons. The summed E-state index contributed by atoms with van der Waals surface area (Å²) in [5.74, 6) is -2.05. The first-order valence-electron chi connectivity index (χ1n) is 15.3. The fourth-order valence-corrected chi connectivity index (χ4v) is 8.14. The number of carbonyl (C=O) groups excluding carboxylic acids is 3. The molecule has 19 heteroatoms. The first-order valence-corrected chi connectivity index (χ1v) is 18.3. The molecule has 3 aromatic rings. The van der Waals surface area contributed by atoms with Gasteiger partial charge in [0.25, 0.3) is 5.91 Å². The third kappa shape index (κ3) is 6.82. The Bertz CT molecular complexity index is 2020. The molecule has 262 valence electrons. The van der Waals surface area contributed by atoms with Gasteiger partial charge in [-0.15, -0.1) is 11.0 Å². The van der Waals surface area contributed by atoms with Gasteiger partial charge in [-0.25, -0.2) is 18.4 Å². The van der Waals surface area contributed by atoms with Crippen molar-refractivity contribution in [2.75, 3.05) is 20.8 Å². The molecule has 0 bridgehead atoms. The number of likely N-dealkylation sites (tertiary alicyclic amines) is 1. The van der Waals surface area contributed by atoms with Crippen LogP contribution in [0.15, 0.2) is 42.0 Å². The zero-order valence-electron chi connectivity index (χ0n) is 26.7. The minimum Gasteiger partial charge on any atom is -0.548 e. The average molecular weight is 736 g/mol. The number of aromatic amines is 1. The zero-order valence-corrected chi connectivity index (χ0v) is 29.1. The largest absolute Gasteiger partial charge is 0.548 e. The highest BCUT2D eigenvalue weighted by Gasteiger charge is 2.62. The number of rotatable bonds is 12. The number of hydrogen-bond acceptors (Lipinski definition) is 12.